The number of ketones is 1. The second kappa shape index (κ2) is 9.84. The highest BCUT2D eigenvalue weighted by Crippen LogP contribution is 2.45. The first kappa shape index (κ1) is 28.6. The monoisotopic (exact) mass is 560 g/mol. The maximum Gasteiger partial charge on any atom is 0.195 e. The van der Waals surface area contributed by atoms with Gasteiger partial charge in [-0.25, -0.2) is 0 Å². The van der Waals surface area contributed by atoms with Crippen molar-refractivity contribution in [3.05, 3.63) is 64.3 Å². The lowest BCUT2D eigenvalue weighted by molar-refractivity contribution is -0.160. The molecule has 0 spiro atoms. The van der Waals surface area contributed by atoms with E-state index in [0.29, 0.717) is 29.0 Å². The van der Waals surface area contributed by atoms with E-state index in [9.17, 15) is 10.1 Å². The molecule has 5 rings (SSSR count). The molecule has 7 nitrogen and oxygen atoms in total. The number of benzene rings is 2. The number of aromatic nitrogens is 1. The minimum absolute atomic E-state index is 0.0239. The van der Waals surface area contributed by atoms with Gasteiger partial charge >= 0.3 is 0 Å². The molecule has 1 aliphatic carbocycles. The molecule has 40 heavy (non-hydrogen) atoms. The Morgan fingerprint density at radius 2 is 1.82 bits per heavy atom. The molecule has 3 aromatic rings. The number of fused-ring (bicyclic) bond motifs is 4. The number of hydrogen-bond donors (Lipinski definition) is 1. The third-order valence-electron chi connectivity index (χ3n) is 7.90. The van der Waals surface area contributed by atoms with Gasteiger partial charge in [-0.3, -0.25) is 4.79 Å². The van der Waals surface area contributed by atoms with Crippen LogP contribution in [-0.4, -0.2) is 50.5 Å². The minimum atomic E-state index is -1.34. The number of nitriles is 1. The van der Waals surface area contributed by atoms with Crippen LogP contribution < -0.4 is 4.74 Å². The predicted molar refractivity (Wildman–Crippen MR) is 158 cm³/mol. The van der Waals surface area contributed by atoms with Crippen LogP contribution in [0.4, 0.5) is 0 Å². The van der Waals surface area contributed by atoms with Crippen LogP contribution in [0.5, 0.6) is 5.75 Å². The Balaban J connectivity index is 1.44. The summed E-state index contributed by atoms with van der Waals surface area (Å²) in [6.45, 7) is 19.2. The van der Waals surface area contributed by atoms with E-state index in [1.54, 1.807) is 12.1 Å². The SMILES string of the molecule is C[SiH](C)OC([C@H]1OC(C)(C)O[C@@H]1COc1ccc2c(c1)C(C)(C)c1[nH]c3cc(C#N)ccc3c1C2=O)C(C)(C)C. The van der Waals surface area contributed by atoms with Gasteiger partial charge < -0.3 is 23.6 Å². The fraction of sp³-hybridized carbons (Fsp3) is 0.500. The molecule has 1 N–H and O–H groups in total. The van der Waals surface area contributed by atoms with Crippen LogP contribution in [0.25, 0.3) is 10.9 Å². The standard InChI is InChI=1S/C32H40N2O5Si/c1-30(2,3)29(39-40(8)9)27-24(37-32(6,7)38-27)17-36-19-11-13-20-22(15-19)31(4,5)28-25(26(20)35)21-12-10-18(16-33)14-23(21)34-28/h10-15,24,27,29,34,40H,17H2,1-9H3/t24-,27+,29?/m1/s1. The van der Waals surface area contributed by atoms with Gasteiger partial charge in [-0.1, -0.05) is 40.7 Å². The molecule has 0 bridgehead atoms. The van der Waals surface area contributed by atoms with Gasteiger partial charge in [0.1, 0.15) is 24.6 Å². The van der Waals surface area contributed by atoms with E-state index in [2.05, 4.69) is 58.8 Å². The lowest BCUT2D eigenvalue weighted by Crippen LogP contribution is -2.48. The number of H-pyrrole nitrogens is 1. The predicted octanol–water partition coefficient (Wildman–Crippen LogP) is 6.22. The zero-order valence-corrected chi connectivity index (χ0v) is 26.1. The molecule has 2 heterocycles. The van der Waals surface area contributed by atoms with Crippen LogP contribution in [-0.2, 0) is 19.3 Å². The molecule has 3 atom stereocenters. The Morgan fingerprint density at radius 1 is 1.10 bits per heavy atom. The van der Waals surface area contributed by atoms with Crippen LogP contribution >= 0.6 is 0 Å². The van der Waals surface area contributed by atoms with Gasteiger partial charge in [-0.05, 0) is 68.3 Å². The Labute approximate surface area is 238 Å². The van der Waals surface area contributed by atoms with Gasteiger partial charge in [0.2, 0.25) is 0 Å². The molecule has 0 radical (unpaired) electrons. The van der Waals surface area contributed by atoms with Crippen molar-refractivity contribution in [1.29, 1.82) is 5.26 Å². The van der Waals surface area contributed by atoms with E-state index in [1.807, 2.05) is 38.1 Å². The maximum absolute atomic E-state index is 13.7. The smallest absolute Gasteiger partial charge is 0.195 e. The van der Waals surface area contributed by atoms with E-state index in [4.69, 9.17) is 18.6 Å². The minimum Gasteiger partial charge on any atom is -0.491 e. The highest BCUT2D eigenvalue weighted by Gasteiger charge is 2.49. The zero-order valence-electron chi connectivity index (χ0n) is 25.0. The summed E-state index contributed by atoms with van der Waals surface area (Å²) in [5, 5.41) is 10.2. The first-order valence-corrected chi connectivity index (χ1v) is 16.8. The molecule has 8 heteroatoms. The number of hydrogen-bond acceptors (Lipinski definition) is 6. The van der Waals surface area contributed by atoms with Crippen LogP contribution in [0.2, 0.25) is 13.1 Å². The fourth-order valence-corrected chi connectivity index (χ4v) is 7.21. The summed E-state index contributed by atoms with van der Waals surface area (Å²) >= 11 is 0. The fourth-order valence-electron chi connectivity index (χ4n) is 6.06. The molecule has 0 saturated carbocycles. The van der Waals surface area contributed by atoms with Gasteiger partial charge in [-0.15, -0.1) is 0 Å². The Kier molecular flexibility index (Phi) is 7.03. The Hall–Kier alpha value is -2.96. The highest BCUT2D eigenvalue weighted by molar-refractivity contribution is 6.48. The van der Waals surface area contributed by atoms with E-state index in [0.717, 1.165) is 22.2 Å². The van der Waals surface area contributed by atoms with Crippen molar-refractivity contribution >= 4 is 25.7 Å². The third-order valence-corrected chi connectivity index (χ3v) is 8.73. The van der Waals surface area contributed by atoms with E-state index >= 15 is 0 Å². The maximum atomic E-state index is 13.7. The van der Waals surface area contributed by atoms with E-state index < -0.39 is 20.2 Å². The highest BCUT2D eigenvalue weighted by atomic mass is 28.3. The van der Waals surface area contributed by atoms with Gasteiger partial charge in [0.15, 0.2) is 20.6 Å². The number of ether oxygens (including phenoxy) is 3. The van der Waals surface area contributed by atoms with Crippen molar-refractivity contribution in [3.8, 4) is 11.8 Å². The van der Waals surface area contributed by atoms with Crippen molar-refractivity contribution in [2.24, 2.45) is 5.41 Å². The lowest BCUT2D eigenvalue weighted by atomic mass is 9.71. The molecular formula is C32H40N2O5Si. The molecule has 212 valence electrons. The van der Waals surface area contributed by atoms with Crippen molar-refractivity contribution in [2.75, 3.05) is 6.61 Å². The quantitative estimate of drug-likeness (QED) is 0.360. The van der Waals surface area contributed by atoms with Gasteiger partial charge in [0.05, 0.1) is 23.3 Å². The van der Waals surface area contributed by atoms with E-state index in [1.165, 1.54) is 0 Å². The Morgan fingerprint density at radius 3 is 2.48 bits per heavy atom. The summed E-state index contributed by atoms with van der Waals surface area (Å²) in [6.07, 6.45) is -0.711. The average Bonchev–Trinajstić information content (AvgIpc) is 3.40. The van der Waals surface area contributed by atoms with Gasteiger partial charge in [0.25, 0.3) is 0 Å². The molecular weight excluding hydrogens is 520 g/mol. The zero-order chi connectivity index (χ0) is 29.2. The number of nitrogens with zero attached hydrogens (tertiary/aromatic N) is 1. The molecule has 2 aromatic carbocycles. The average molecular weight is 561 g/mol. The van der Waals surface area contributed by atoms with Crippen molar-refractivity contribution in [2.45, 2.75) is 91.1 Å². The molecule has 1 aromatic heterocycles. The molecule has 1 aliphatic heterocycles. The number of nitrogens with one attached hydrogen (secondary N) is 1. The van der Waals surface area contributed by atoms with Crippen molar-refractivity contribution in [1.82, 2.24) is 4.98 Å². The molecule has 1 fully saturated rings. The Bertz CT molecular complexity index is 1510. The third kappa shape index (κ3) is 5.01. The molecule has 0 amide bonds. The summed E-state index contributed by atoms with van der Waals surface area (Å²) in [5.41, 5.74) is 3.83. The number of rotatable bonds is 6. The number of carbonyl (C=O) groups excluding carboxylic acids is 1. The van der Waals surface area contributed by atoms with E-state index in [-0.39, 0.29) is 29.5 Å². The molecule has 2 aliphatic rings. The summed E-state index contributed by atoms with van der Waals surface area (Å²) in [6, 6.07) is 13.3. The normalized spacial score (nSPS) is 22.2. The summed E-state index contributed by atoms with van der Waals surface area (Å²) in [4.78, 5) is 17.1. The van der Waals surface area contributed by atoms with Crippen LogP contribution in [0.1, 0.15) is 81.2 Å². The lowest BCUT2D eigenvalue weighted by Gasteiger charge is -2.38. The van der Waals surface area contributed by atoms with Gasteiger partial charge in [-0.2, -0.15) is 5.26 Å². The molecule has 1 unspecified atom stereocenters. The first-order valence-electron chi connectivity index (χ1n) is 14.0. The van der Waals surface area contributed by atoms with Crippen LogP contribution in [0.3, 0.4) is 0 Å². The first-order chi connectivity index (χ1) is 18.6. The van der Waals surface area contributed by atoms with Gasteiger partial charge in [0, 0.05) is 27.6 Å². The van der Waals surface area contributed by atoms with Crippen molar-refractivity contribution in [3.63, 3.8) is 0 Å². The summed E-state index contributed by atoms with van der Waals surface area (Å²) in [7, 11) is -1.34. The number of carbonyl (C=O) groups is 1. The summed E-state index contributed by atoms with van der Waals surface area (Å²) in [5.74, 6) is -0.0973. The topological polar surface area (TPSA) is 93.6 Å². The van der Waals surface area contributed by atoms with Crippen LogP contribution in [0, 0.1) is 16.7 Å². The second-order valence-corrected chi connectivity index (χ2v) is 15.7. The number of aromatic amines is 1. The van der Waals surface area contributed by atoms with Crippen molar-refractivity contribution < 1.29 is 23.4 Å². The second-order valence-electron chi connectivity index (χ2n) is 13.3. The van der Waals surface area contributed by atoms with Crippen LogP contribution in [0.15, 0.2) is 36.4 Å². The molecule has 1 saturated heterocycles. The summed E-state index contributed by atoms with van der Waals surface area (Å²) < 4.78 is 25.5. The largest absolute Gasteiger partial charge is 0.491 e.